The number of anilines is 2. The summed E-state index contributed by atoms with van der Waals surface area (Å²) in [5, 5.41) is 10.7. The molecule has 0 amide bonds. The normalized spacial score (nSPS) is 11.1. The van der Waals surface area contributed by atoms with E-state index in [1.54, 1.807) is 25.1 Å². The predicted octanol–water partition coefficient (Wildman–Crippen LogP) is 2.29. The van der Waals surface area contributed by atoms with Gasteiger partial charge in [0, 0.05) is 17.8 Å². The molecule has 0 atom stereocenters. The Morgan fingerprint density at radius 1 is 1.19 bits per heavy atom. The van der Waals surface area contributed by atoms with Crippen molar-refractivity contribution < 1.29 is 13.3 Å². The van der Waals surface area contributed by atoms with Crippen LogP contribution in [0, 0.1) is 17.0 Å². The highest BCUT2D eigenvalue weighted by Gasteiger charge is 2.18. The highest BCUT2D eigenvalue weighted by atomic mass is 32.2. The SMILES string of the molecule is Cc1c(N)cccc1NS(=O)(=O)c1cccc([N+](=O)[O-])c1. The Bertz CT molecular complexity index is 803. The lowest BCUT2D eigenvalue weighted by atomic mass is 10.2. The van der Waals surface area contributed by atoms with Crippen LogP contribution in [-0.2, 0) is 10.0 Å². The fraction of sp³-hybridized carbons (Fsp3) is 0.0769. The van der Waals surface area contributed by atoms with E-state index in [2.05, 4.69) is 4.72 Å². The van der Waals surface area contributed by atoms with Crippen LogP contribution in [0.5, 0.6) is 0 Å². The number of rotatable bonds is 4. The topological polar surface area (TPSA) is 115 Å². The summed E-state index contributed by atoms with van der Waals surface area (Å²) in [5.74, 6) is 0. The Hall–Kier alpha value is -2.61. The van der Waals surface area contributed by atoms with Crippen molar-refractivity contribution in [3.05, 3.63) is 58.1 Å². The summed E-state index contributed by atoms with van der Waals surface area (Å²) in [7, 11) is -3.92. The summed E-state index contributed by atoms with van der Waals surface area (Å²) in [6.45, 7) is 1.68. The van der Waals surface area contributed by atoms with E-state index in [4.69, 9.17) is 5.73 Å². The standard InChI is InChI=1S/C13H13N3O4S/c1-9-12(14)6-3-7-13(9)15-21(19,20)11-5-2-4-10(8-11)16(17)18/h2-8,15H,14H2,1H3. The molecule has 0 aromatic heterocycles. The first kappa shape index (κ1) is 14.8. The van der Waals surface area contributed by atoms with Gasteiger partial charge in [-0.15, -0.1) is 0 Å². The molecule has 2 rings (SSSR count). The van der Waals surface area contributed by atoms with Gasteiger partial charge in [0.15, 0.2) is 0 Å². The molecule has 0 saturated carbocycles. The first-order chi connectivity index (χ1) is 9.81. The molecule has 0 fully saturated rings. The number of nitro groups is 1. The molecule has 7 nitrogen and oxygen atoms in total. The highest BCUT2D eigenvalue weighted by molar-refractivity contribution is 7.92. The molecule has 8 heteroatoms. The van der Waals surface area contributed by atoms with Crippen molar-refractivity contribution in [2.45, 2.75) is 11.8 Å². The Balaban J connectivity index is 2.41. The number of hydrogen-bond acceptors (Lipinski definition) is 5. The first-order valence-corrected chi connectivity index (χ1v) is 7.42. The molecule has 0 aliphatic heterocycles. The number of nitrogens with two attached hydrogens (primary N) is 1. The maximum atomic E-state index is 12.3. The predicted molar refractivity (Wildman–Crippen MR) is 79.5 cm³/mol. The van der Waals surface area contributed by atoms with Crippen LogP contribution in [0.1, 0.15) is 5.56 Å². The van der Waals surface area contributed by atoms with Crippen LogP contribution in [0.3, 0.4) is 0 Å². The second-order valence-corrected chi connectivity index (χ2v) is 6.06. The third-order valence-electron chi connectivity index (χ3n) is 2.96. The summed E-state index contributed by atoms with van der Waals surface area (Å²) in [6, 6.07) is 9.68. The average Bonchev–Trinajstić information content (AvgIpc) is 2.44. The molecule has 0 aliphatic carbocycles. The zero-order valence-electron chi connectivity index (χ0n) is 11.1. The third-order valence-corrected chi connectivity index (χ3v) is 4.32. The molecule has 3 N–H and O–H groups in total. The molecule has 0 heterocycles. The van der Waals surface area contributed by atoms with Crippen LogP contribution in [0.15, 0.2) is 47.4 Å². The number of nitro benzene ring substituents is 1. The van der Waals surface area contributed by atoms with Gasteiger partial charge in [-0.05, 0) is 30.7 Å². The number of benzene rings is 2. The van der Waals surface area contributed by atoms with Crippen LogP contribution in [0.4, 0.5) is 17.1 Å². The average molecular weight is 307 g/mol. The quantitative estimate of drug-likeness (QED) is 0.511. The molecule has 0 spiro atoms. The first-order valence-electron chi connectivity index (χ1n) is 5.93. The lowest BCUT2D eigenvalue weighted by molar-refractivity contribution is -0.385. The van der Waals surface area contributed by atoms with Gasteiger partial charge in [0.2, 0.25) is 0 Å². The van der Waals surface area contributed by atoms with E-state index in [0.29, 0.717) is 16.9 Å². The monoisotopic (exact) mass is 307 g/mol. The van der Waals surface area contributed by atoms with Crippen molar-refractivity contribution in [2.75, 3.05) is 10.5 Å². The second kappa shape index (κ2) is 5.41. The molecular weight excluding hydrogens is 294 g/mol. The fourth-order valence-electron chi connectivity index (χ4n) is 1.73. The van der Waals surface area contributed by atoms with Crippen LogP contribution in [0.25, 0.3) is 0 Å². The largest absolute Gasteiger partial charge is 0.398 e. The van der Waals surface area contributed by atoms with Gasteiger partial charge in [-0.3, -0.25) is 14.8 Å². The zero-order valence-corrected chi connectivity index (χ0v) is 11.9. The van der Waals surface area contributed by atoms with E-state index >= 15 is 0 Å². The van der Waals surface area contributed by atoms with Crippen molar-refractivity contribution >= 4 is 27.1 Å². The molecule has 0 bridgehead atoms. The molecule has 2 aromatic carbocycles. The number of nitrogens with zero attached hydrogens (tertiary/aromatic N) is 1. The Morgan fingerprint density at radius 2 is 1.86 bits per heavy atom. The van der Waals surface area contributed by atoms with Crippen molar-refractivity contribution in [3.8, 4) is 0 Å². The zero-order chi connectivity index (χ0) is 15.6. The maximum Gasteiger partial charge on any atom is 0.270 e. The van der Waals surface area contributed by atoms with Gasteiger partial charge in [0.25, 0.3) is 15.7 Å². The molecule has 110 valence electrons. The number of nitrogen functional groups attached to an aromatic ring is 1. The summed E-state index contributed by atoms with van der Waals surface area (Å²) < 4.78 is 26.9. The van der Waals surface area contributed by atoms with E-state index in [0.717, 1.165) is 6.07 Å². The minimum Gasteiger partial charge on any atom is -0.398 e. The van der Waals surface area contributed by atoms with Gasteiger partial charge < -0.3 is 5.73 Å². The third kappa shape index (κ3) is 3.11. The second-order valence-electron chi connectivity index (χ2n) is 4.38. The van der Waals surface area contributed by atoms with E-state index in [-0.39, 0.29) is 10.6 Å². The van der Waals surface area contributed by atoms with E-state index in [1.807, 2.05) is 0 Å². The smallest absolute Gasteiger partial charge is 0.270 e. The molecule has 0 radical (unpaired) electrons. The Morgan fingerprint density at radius 3 is 2.52 bits per heavy atom. The number of non-ortho nitro benzene ring substituents is 1. The molecule has 21 heavy (non-hydrogen) atoms. The van der Waals surface area contributed by atoms with Crippen LogP contribution in [0.2, 0.25) is 0 Å². The molecular formula is C13H13N3O4S. The van der Waals surface area contributed by atoms with Crippen LogP contribution >= 0.6 is 0 Å². The summed E-state index contributed by atoms with van der Waals surface area (Å²) in [5.41, 5.74) is 6.81. The van der Waals surface area contributed by atoms with Crippen molar-refractivity contribution in [1.82, 2.24) is 0 Å². The Labute approximate surface area is 121 Å². The van der Waals surface area contributed by atoms with Gasteiger partial charge in [-0.2, -0.15) is 0 Å². The fourth-order valence-corrected chi connectivity index (χ4v) is 2.89. The maximum absolute atomic E-state index is 12.3. The Kier molecular flexibility index (Phi) is 3.81. The summed E-state index contributed by atoms with van der Waals surface area (Å²) >= 11 is 0. The van der Waals surface area contributed by atoms with Crippen LogP contribution < -0.4 is 10.5 Å². The van der Waals surface area contributed by atoms with Crippen molar-refractivity contribution in [1.29, 1.82) is 0 Å². The van der Waals surface area contributed by atoms with E-state index in [1.165, 1.54) is 18.2 Å². The number of nitrogens with one attached hydrogen (secondary N) is 1. The van der Waals surface area contributed by atoms with Gasteiger partial charge in [-0.1, -0.05) is 12.1 Å². The summed E-state index contributed by atoms with van der Waals surface area (Å²) in [6.07, 6.45) is 0. The highest BCUT2D eigenvalue weighted by Crippen LogP contribution is 2.25. The van der Waals surface area contributed by atoms with Crippen LogP contribution in [-0.4, -0.2) is 13.3 Å². The number of hydrogen-bond donors (Lipinski definition) is 2. The molecule has 2 aromatic rings. The minimum atomic E-state index is -3.92. The van der Waals surface area contributed by atoms with Gasteiger partial charge in [0.1, 0.15) is 0 Å². The lowest BCUT2D eigenvalue weighted by Crippen LogP contribution is -2.14. The van der Waals surface area contributed by atoms with Gasteiger partial charge in [-0.25, -0.2) is 8.42 Å². The van der Waals surface area contributed by atoms with E-state index in [9.17, 15) is 18.5 Å². The van der Waals surface area contributed by atoms with E-state index < -0.39 is 14.9 Å². The molecule has 0 unspecified atom stereocenters. The van der Waals surface area contributed by atoms with Gasteiger partial charge in [0.05, 0.1) is 15.5 Å². The minimum absolute atomic E-state index is 0.182. The van der Waals surface area contributed by atoms with Crippen molar-refractivity contribution in [3.63, 3.8) is 0 Å². The molecule has 0 aliphatic rings. The number of sulfonamides is 1. The van der Waals surface area contributed by atoms with Gasteiger partial charge >= 0.3 is 0 Å². The van der Waals surface area contributed by atoms with Crippen molar-refractivity contribution in [2.24, 2.45) is 0 Å². The summed E-state index contributed by atoms with van der Waals surface area (Å²) in [4.78, 5) is 9.88. The lowest BCUT2D eigenvalue weighted by Gasteiger charge is -2.11. The molecule has 0 saturated heterocycles.